The number of nitrogens with zero attached hydrogens (tertiary/aromatic N) is 4. The number of piperazine rings is 1. The Morgan fingerprint density at radius 2 is 1.83 bits per heavy atom. The minimum absolute atomic E-state index is 0.196. The first-order valence-electron chi connectivity index (χ1n) is 10.2. The van der Waals surface area contributed by atoms with E-state index in [9.17, 15) is 4.79 Å². The van der Waals surface area contributed by atoms with Crippen molar-refractivity contribution in [3.63, 3.8) is 0 Å². The van der Waals surface area contributed by atoms with Crippen LogP contribution in [0.25, 0.3) is 11.3 Å². The van der Waals surface area contributed by atoms with E-state index in [0.717, 1.165) is 74.0 Å². The highest BCUT2D eigenvalue weighted by Crippen LogP contribution is 2.29. The summed E-state index contributed by atoms with van der Waals surface area (Å²) < 4.78 is 10.1. The van der Waals surface area contributed by atoms with Crippen LogP contribution in [-0.4, -0.2) is 67.8 Å². The van der Waals surface area contributed by atoms with Crippen LogP contribution in [0, 0.1) is 0 Å². The lowest BCUT2D eigenvalue weighted by Gasteiger charge is -2.35. The molecule has 1 fully saturated rings. The standard InChI is InChI=1S/C22H30N4O3/c1-4-5-6-18-15-23-21(17-7-9-19(28-2)10-8-17)22(24-18)26-13-11-25(12-14-26)16-20(27)29-3/h7-10,15H,4-6,11-14,16H2,1-3H3. The van der Waals surface area contributed by atoms with Crippen molar-refractivity contribution in [2.24, 2.45) is 0 Å². The predicted molar refractivity (Wildman–Crippen MR) is 113 cm³/mol. The van der Waals surface area contributed by atoms with Crippen LogP contribution in [0.4, 0.5) is 5.82 Å². The second-order valence-electron chi connectivity index (χ2n) is 7.20. The van der Waals surface area contributed by atoms with E-state index in [-0.39, 0.29) is 5.97 Å². The quantitative estimate of drug-likeness (QED) is 0.634. The van der Waals surface area contributed by atoms with E-state index < -0.39 is 0 Å². The van der Waals surface area contributed by atoms with Crippen molar-refractivity contribution in [3.05, 3.63) is 36.2 Å². The summed E-state index contributed by atoms with van der Waals surface area (Å²) in [6, 6.07) is 7.93. The van der Waals surface area contributed by atoms with Crippen LogP contribution in [0.1, 0.15) is 25.5 Å². The number of aromatic nitrogens is 2. The zero-order chi connectivity index (χ0) is 20.6. The second-order valence-corrected chi connectivity index (χ2v) is 7.20. The fourth-order valence-electron chi connectivity index (χ4n) is 3.43. The number of anilines is 1. The molecule has 156 valence electrons. The molecule has 0 amide bonds. The summed E-state index contributed by atoms with van der Waals surface area (Å²) in [6.07, 6.45) is 5.06. The molecule has 1 aromatic heterocycles. The number of unbranched alkanes of at least 4 members (excludes halogenated alkanes) is 1. The highest BCUT2D eigenvalue weighted by atomic mass is 16.5. The first kappa shape index (κ1) is 21.0. The fraction of sp³-hybridized carbons (Fsp3) is 0.500. The van der Waals surface area contributed by atoms with Gasteiger partial charge in [0.15, 0.2) is 5.82 Å². The number of rotatable bonds is 8. The van der Waals surface area contributed by atoms with Gasteiger partial charge in [0.25, 0.3) is 0 Å². The summed E-state index contributed by atoms with van der Waals surface area (Å²) in [4.78, 5) is 25.7. The van der Waals surface area contributed by atoms with Crippen LogP contribution in [-0.2, 0) is 16.0 Å². The molecule has 0 aliphatic carbocycles. The molecule has 1 saturated heterocycles. The van der Waals surface area contributed by atoms with Crippen LogP contribution in [0.5, 0.6) is 5.75 Å². The van der Waals surface area contributed by atoms with Crippen LogP contribution in [0.3, 0.4) is 0 Å². The van der Waals surface area contributed by atoms with Crippen molar-refractivity contribution >= 4 is 11.8 Å². The third-order valence-electron chi connectivity index (χ3n) is 5.21. The Bertz CT molecular complexity index is 802. The molecule has 29 heavy (non-hydrogen) atoms. The maximum absolute atomic E-state index is 11.6. The van der Waals surface area contributed by atoms with E-state index in [4.69, 9.17) is 19.4 Å². The van der Waals surface area contributed by atoms with Gasteiger partial charge in [-0.05, 0) is 37.1 Å². The molecule has 0 radical (unpaired) electrons. The average molecular weight is 399 g/mol. The summed E-state index contributed by atoms with van der Waals surface area (Å²) in [5.74, 6) is 1.54. The summed E-state index contributed by atoms with van der Waals surface area (Å²) in [7, 11) is 3.09. The molecule has 0 N–H and O–H groups in total. The lowest BCUT2D eigenvalue weighted by atomic mass is 10.1. The Morgan fingerprint density at radius 1 is 1.10 bits per heavy atom. The van der Waals surface area contributed by atoms with E-state index in [1.807, 2.05) is 30.5 Å². The Labute approximate surface area is 172 Å². The molecular formula is C22H30N4O3. The number of carbonyl (C=O) groups excluding carboxylic acids is 1. The van der Waals surface area contributed by atoms with E-state index >= 15 is 0 Å². The van der Waals surface area contributed by atoms with Crippen LogP contribution in [0.2, 0.25) is 0 Å². The molecule has 1 aliphatic heterocycles. The zero-order valence-electron chi connectivity index (χ0n) is 17.6. The van der Waals surface area contributed by atoms with Gasteiger partial charge in [-0.1, -0.05) is 13.3 Å². The third kappa shape index (κ3) is 5.44. The van der Waals surface area contributed by atoms with Crippen molar-refractivity contribution in [1.29, 1.82) is 0 Å². The molecule has 7 nitrogen and oxygen atoms in total. The van der Waals surface area contributed by atoms with E-state index in [0.29, 0.717) is 6.54 Å². The molecule has 0 saturated carbocycles. The van der Waals surface area contributed by atoms with Gasteiger partial charge in [-0.3, -0.25) is 14.7 Å². The average Bonchev–Trinajstić information content (AvgIpc) is 2.78. The fourth-order valence-corrected chi connectivity index (χ4v) is 3.43. The molecule has 0 unspecified atom stereocenters. The highest BCUT2D eigenvalue weighted by Gasteiger charge is 2.23. The molecular weight excluding hydrogens is 368 g/mol. The maximum Gasteiger partial charge on any atom is 0.319 e. The Balaban J connectivity index is 1.83. The van der Waals surface area contributed by atoms with Gasteiger partial charge in [-0.2, -0.15) is 0 Å². The number of methoxy groups -OCH3 is 2. The Morgan fingerprint density at radius 3 is 2.45 bits per heavy atom. The third-order valence-corrected chi connectivity index (χ3v) is 5.21. The van der Waals surface area contributed by atoms with Crippen molar-refractivity contribution in [3.8, 4) is 17.0 Å². The number of hydrogen-bond acceptors (Lipinski definition) is 7. The monoisotopic (exact) mass is 398 g/mol. The van der Waals surface area contributed by atoms with Crippen molar-refractivity contribution < 1.29 is 14.3 Å². The predicted octanol–water partition coefficient (Wildman–Crippen LogP) is 2.79. The molecule has 3 rings (SSSR count). The molecule has 1 aliphatic rings. The molecule has 2 aromatic rings. The van der Waals surface area contributed by atoms with Crippen molar-refractivity contribution in [1.82, 2.24) is 14.9 Å². The lowest BCUT2D eigenvalue weighted by Crippen LogP contribution is -2.48. The minimum atomic E-state index is -0.196. The van der Waals surface area contributed by atoms with Crippen LogP contribution < -0.4 is 9.64 Å². The maximum atomic E-state index is 11.6. The van der Waals surface area contributed by atoms with Crippen molar-refractivity contribution in [2.75, 3.05) is 51.8 Å². The molecule has 0 bridgehead atoms. The minimum Gasteiger partial charge on any atom is -0.497 e. The number of hydrogen-bond donors (Lipinski definition) is 0. The summed E-state index contributed by atoms with van der Waals surface area (Å²) in [5, 5.41) is 0. The number of benzene rings is 1. The van der Waals surface area contributed by atoms with Gasteiger partial charge >= 0.3 is 5.97 Å². The molecule has 0 atom stereocenters. The molecule has 2 heterocycles. The van der Waals surface area contributed by atoms with Crippen molar-refractivity contribution in [2.45, 2.75) is 26.2 Å². The van der Waals surface area contributed by atoms with Gasteiger partial charge < -0.3 is 14.4 Å². The topological polar surface area (TPSA) is 67.8 Å². The molecule has 0 spiro atoms. The number of aryl methyl sites for hydroxylation is 1. The number of ether oxygens (including phenoxy) is 2. The van der Waals surface area contributed by atoms with Gasteiger partial charge in [-0.15, -0.1) is 0 Å². The molecule has 1 aromatic carbocycles. The number of carbonyl (C=O) groups is 1. The van der Waals surface area contributed by atoms with Crippen LogP contribution >= 0.6 is 0 Å². The summed E-state index contributed by atoms with van der Waals surface area (Å²) in [5.41, 5.74) is 2.93. The van der Waals surface area contributed by atoms with Gasteiger partial charge in [0.05, 0.1) is 26.5 Å². The van der Waals surface area contributed by atoms with Gasteiger partial charge in [0.1, 0.15) is 11.4 Å². The van der Waals surface area contributed by atoms with Gasteiger partial charge in [0, 0.05) is 37.9 Å². The van der Waals surface area contributed by atoms with Gasteiger partial charge in [-0.25, -0.2) is 4.98 Å². The SMILES string of the molecule is CCCCc1cnc(-c2ccc(OC)cc2)c(N2CCN(CC(=O)OC)CC2)n1. The van der Waals surface area contributed by atoms with E-state index in [2.05, 4.69) is 16.7 Å². The van der Waals surface area contributed by atoms with E-state index in [1.54, 1.807) is 7.11 Å². The van der Waals surface area contributed by atoms with Gasteiger partial charge in [0.2, 0.25) is 0 Å². The smallest absolute Gasteiger partial charge is 0.319 e. The lowest BCUT2D eigenvalue weighted by molar-refractivity contribution is -0.142. The number of esters is 1. The largest absolute Gasteiger partial charge is 0.497 e. The van der Waals surface area contributed by atoms with E-state index in [1.165, 1.54) is 7.11 Å². The second kappa shape index (κ2) is 10.2. The normalized spacial score (nSPS) is 14.7. The van der Waals surface area contributed by atoms with Crippen LogP contribution in [0.15, 0.2) is 30.5 Å². The highest BCUT2D eigenvalue weighted by molar-refractivity contribution is 5.73. The Kier molecular flexibility index (Phi) is 7.41. The first-order chi connectivity index (χ1) is 14.1. The summed E-state index contributed by atoms with van der Waals surface area (Å²) >= 11 is 0. The first-order valence-corrected chi connectivity index (χ1v) is 10.2. The zero-order valence-corrected chi connectivity index (χ0v) is 17.6. The molecule has 7 heteroatoms. The Hall–Kier alpha value is -2.67. The summed E-state index contributed by atoms with van der Waals surface area (Å²) in [6.45, 7) is 5.69.